The third-order valence-electron chi connectivity index (χ3n) is 8.26. The van der Waals surface area contributed by atoms with E-state index < -0.39 is 66.2 Å². The van der Waals surface area contributed by atoms with E-state index >= 15 is 0 Å². The molecule has 3 heterocycles. The lowest BCUT2D eigenvalue weighted by Gasteiger charge is -2.39. The predicted octanol–water partition coefficient (Wildman–Crippen LogP) is 0.495. The molecule has 2 unspecified atom stereocenters. The molecule has 15 nitrogen and oxygen atoms in total. The lowest BCUT2D eigenvalue weighted by molar-refractivity contribution is -0.205. The number of carbonyl (C=O) groups excluding carboxylic acids is 3. The molecule has 0 radical (unpaired) electrons. The van der Waals surface area contributed by atoms with Crippen LogP contribution in [0.5, 0.6) is 11.5 Å². The molecule has 2 fully saturated rings. The minimum Gasteiger partial charge on any atom is -0.508 e. The van der Waals surface area contributed by atoms with Crippen LogP contribution in [0.3, 0.4) is 0 Å². The number of nitrogens with zero attached hydrogens (tertiary/aromatic N) is 2. The molecule has 0 aliphatic carbocycles. The van der Waals surface area contributed by atoms with Crippen molar-refractivity contribution in [3.63, 3.8) is 0 Å². The van der Waals surface area contributed by atoms with Crippen LogP contribution in [-0.2, 0) is 30.3 Å². The highest BCUT2D eigenvalue weighted by Crippen LogP contribution is 2.30. The van der Waals surface area contributed by atoms with Crippen molar-refractivity contribution in [1.29, 1.82) is 0 Å². The quantitative estimate of drug-likeness (QED) is 0.111. The van der Waals surface area contributed by atoms with E-state index in [4.69, 9.17) is 14.3 Å². The van der Waals surface area contributed by atoms with Crippen LogP contribution < -0.4 is 5.32 Å². The molecule has 1 aromatic carbocycles. The number of aliphatic hydroxyl groups excluding tert-OH is 4. The first-order valence-electron chi connectivity index (χ1n) is 16.2. The maximum absolute atomic E-state index is 13.2. The number of carbonyl (C=O) groups is 3. The van der Waals surface area contributed by atoms with Crippen LogP contribution in [0.25, 0.3) is 0 Å². The Morgan fingerprint density at radius 3 is 2.55 bits per heavy atom. The van der Waals surface area contributed by atoms with Gasteiger partial charge in [-0.05, 0) is 50.3 Å². The number of rotatable bonds is 8. The van der Waals surface area contributed by atoms with Crippen molar-refractivity contribution in [1.82, 2.24) is 10.2 Å². The normalized spacial score (nSPS) is 30.4. The lowest BCUT2D eigenvalue weighted by atomic mass is 9.99. The molecule has 0 saturated carbocycles. The monoisotopic (exact) mass is 707 g/mol. The number of esters is 1. The summed E-state index contributed by atoms with van der Waals surface area (Å²) in [6.07, 6.45) is 3.85. The van der Waals surface area contributed by atoms with Crippen LogP contribution in [0.4, 0.5) is 0 Å². The number of amides is 2. The van der Waals surface area contributed by atoms with Crippen LogP contribution in [0.2, 0.25) is 0 Å². The fourth-order valence-electron chi connectivity index (χ4n) is 5.64. The minimum atomic E-state index is -1.56. The van der Waals surface area contributed by atoms with Gasteiger partial charge >= 0.3 is 5.97 Å². The Balaban J connectivity index is 1.50. The standard InChI is InChI=1S/C33H45N3O12S/c1-19-7-5-8-21(34-26(40)18-49-33-31(44)30(43)29(42)25(16-37)48-33)9-6-10-22(35-46-17-27(41)36-11-3-2-4-12-36)13-20-14-23(38)15-24(39)28(20)32(45)47-19/h5-6,8,10,14-15,19,21,25,29-31,33,37-39,42-44H,2-4,7,9,11-13,16-18H2,1H3,(H,34,40)/b8-5+,10-6+,35-22+/t19-,21-,25?,29-,30+,31?,33+/m1/s1. The van der Waals surface area contributed by atoms with Crippen molar-refractivity contribution < 1.29 is 59.3 Å². The predicted molar refractivity (Wildman–Crippen MR) is 178 cm³/mol. The Morgan fingerprint density at radius 2 is 1.82 bits per heavy atom. The number of aromatic hydroxyl groups is 2. The van der Waals surface area contributed by atoms with Crippen LogP contribution >= 0.6 is 11.8 Å². The fraction of sp³-hybridized carbons (Fsp3) is 0.576. The number of aliphatic hydroxyl groups is 4. The molecule has 4 rings (SSSR count). The summed E-state index contributed by atoms with van der Waals surface area (Å²) < 4.78 is 11.0. The first kappa shape index (κ1) is 38.1. The Hall–Kier alpha value is -3.67. The van der Waals surface area contributed by atoms with Crippen LogP contribution in [0.1, 0.15) is 54.9 Å². The highest BCUT2D eigenvalue weighted by atomic mass is 32.2. The Morgan fingerprint density at radius 1 is 1.06 bits per heavy atom. The maximum atomic E-state index is 13.2. The first-order valence-corrected chi connectivity index (χ1v) is 17.3. The van der Waals surface area contributed by atoms with E-state index in [1.807, 2.05) is 0 Å². The van der Waals surface area contributed by atoms with Crippen LogP contribution in [-0.4, -0.2) is 133 Å². The van der Waals surface area contributed by atoms with Crippen molar-refractivity contribution in [2.45, 2.75) is 87.4 Å². The number of piperidine rings is 1. The average molecular weight is 708 g/mol. The second-order valence-electron chi connectivity index (χ2n) is 12.2. The summed E-state index contributed by atoms with van der Waals surface area (Å²) >= 11 is 0.900. The number of hydrogen-bond acceptors (Lipinski definition) is 14. The number of benzene rings is 1. The second kappa shape index (κ2) is 18.4. The van der Waals surface area contributed by atoms with Gasteiger partial charge in [-0.3, -0.25) is 9.59 Å². The molecular formula is C33H45N3O12S. The van der Waals surface area contributed by atoms with E-state index in [2.05, 4.69) is 10.5 Å². The molecule has 1 aromatic rings. The zero-order chi connectivity index (χ0) is 35.5. The van der Waals surface area contributed by atoms with Crippen LogP contribution in [0, 0.1) is 0 Å². The van der Waals surface area contributed by atoms with Crippen LogP contribution in [0.15, 0.2) is 41.6 Å². The van der Waals surface area contributed by atoms with Crippen molar-refractivity contribution in [2.75, 3.05) is 32.1 Å². The Labute approximate surface area is 288 Å². The highest BCUT2D eigenvalue weighted by molar-refractivity contribution is 8.00. The van der Waals surface area contributed by atoms with Gasteiger partial charge in [-0.15, -0.1) is 11.8 Å². The van der Waals surface area contributed by atoms with Gasteiger partial charge in [-0.25, -0.2) is 4.79 Å². The molecule has 7 N–H and O–H groups in total. The van der Waals surface area contributed by atoms with E-state index in [1.54, 1.807) is 36.1 Å². The third-order valence-corrected chi connectivity index (χ3v) is 9.40. The first-order chi connectivity index (χ1) is 23.5. The number of cyclic esters (lactones) is 1. The fourth-order valence-corrected chi connectivity index (χ4v) is 6.62. The molecule has 16 heteroatoms. The summed E-state index contributed by atoms with van der Waals surface area (Å²) in [6.45, 7) is 2.07. The molecule has 0 aromatic heterocycles. The lowest BCUT2D eigenvalue weighted by Crippen LogP contribution is -2.57. The summed E-state index contributed by atoms with van der Waals surface area (Å²) in [5.41, 5.74) is -0.744. The van der Waals surface area contributed by atoms with Crippen molar-refractivity contribution in [3.8, 4) is 11.5 Å². The Kier molecular flexibility index (Phi) is 14.3. The smallest absolute Gasteiger partial charge is 0.342 e. The molecule has 2 amide bonds. The average Bonchev–Trinajstić information content (AvgIpc) is 3.06. The number of likely N-dealkylation sites (tertiary alicyclic amines) is 1. The number of allylic oxidation sites excluding steroid dienone is 1. The number of thioether (sulfide) groups is 1. The largest absolute Gasteiger partial charge is 0.508 e. The van der Waals surface area contributed by atoms with Gasteiger partial charge in [-0.2, -0.15) is 0 Å². The van der Waals surface area contributed by atoms with Gasteiger partial charge in [0, 0.05) is 32.0 Å². The van der Waals surface area contributed by atoms with Gasteiger partial charge in [0.15, 0.2) is 6.61 Å². The summed E-state index contributed by atoms with van der Waals surface area (Å²) in [5.74, 6) is -2.39. The summed E-state index contributed by atoms with van der Waals surface area (Å²) in [7, 11) is 0. The Bertz CT molecular complexity index is 1400. The third kappa shape index (κ3) is 10.9. The number of phenols is 2. The molecule has 2 saturated heterocycles. The molecule has 0 bridgehead atoms. The van der Waals surface area contributed by atoms with Gasteiger partial charge in [0.1, 0.15) is 53.0 Å². The second-order valence-corrected chi connectivity index (χ2v) is 13.3. The number of phenolic OH excluding ortho intramolecular Hbond substituents is 2. The molecule has 270 valence electrons. The van der Waals surface area contributed by atoms with Crippen molar-refractivity contribution >= 4 is 35.3 Å². The minimum absolute atomic E-state index is 0.0855. The van der Waals surface area contributed by atoms with Crippen molar-refractivity contribution in [2.24, 2.45) is 5.16 Å². The summed E-state index contributed by atoms with van der Waals surface area (Å²) in [4.78, 5) is 45.9. The molecule has 3 aliphatic heterocycles. The highest BCUT2D eigenvalue weighted by Gasteiger charge is 2.43. The van der Waals surface area contributed by atoms with Gasteiger partial charge in [0.05, 0.1) is 24.1 Å². The van der Waals surface area contributed by atoms with Crippen molar-refractivity contribution in [3.05, 3.63) is 47.6 Å². The molecule has 49 heavy (non-hydrogen) atoms. The van der Waals surface area contributed by atoms with E-state index in [0.29, 0.717) is 13.1 Å². The number of ether oxygens (including phenoxy) is 2. The summed E-state index contributed by atoms with van der Waals surface area (Å²) in [6, 6.07) is 1.80. The SMILES string of the molecule is C[C@@H]1C/C=C/[C@@H](NC(=O)CS[C@@H]2OC(CO)[C@@H](O)[C@H](O)C2O)C/C=C/C(=N\OCC(=O)N2CCCCC2)Cc2cc(O)cc(O)c2C(=O)O1. The van der Waals surface area contributed by atoms with E-state index in [1.165, 1.54) is 6.07 Å². The van der Waals surface area contributed by atoms with Gasteiger partial charge in [-0.1, -0.05) is 23.4 Å². The van der Waals surface area contributed by atoms with E-state index in [9.17, 15) is 45.0 Å². The van der Waals surface area contributed by atoms with Gasteiger partial charge in [0.2, 0.25) is 5.91 Å². The number of fused-ring (bicyclic) bond motifs is 1. The molecule has 0 spiro atoms. The maximum Gasteiger partial charge on any atom is 0.342 e. The summed E-state index contributed by atoms with van der Waals surface area (Å²) in [5, 5.41) is 67.6. The topological polar surface area (TPSA) is 228 Å². The van der Waals surface area contributed by atoms with Gasteiger partial charge < -0.3 is 55.2 Å². The number of oxime groups is 1. The van der Waals surface area contributed by atoms with E-state index in [-0.39, 0.29) is 60.1 Å². The molecule has 7 atom stereocenters. The molecular weight excluding hydrogens is 662 g/mol. The number of nitrogens with one attached hydrogen (secondary N) is 1. The van der Waals surface area contributed by atoms with Gasteiger partial charge in [0.25, 0.3) is 5.91 Å². The number of hydrogen-bond donors (Lipinski definition) is 7. The molecule has 3 aliphatic rings. The zero-order valence-electron chi connectivity index (χ0n) is 27.2. The zero-order valence-corrected chi connectivity index (χ0v) is 28.0. The van der Waals surface area contributed by atoms with E-state index in [0.717, 1.165) is 37.1 Å².